The maximum Gasteiger partial charge on any atom is 0.163 e. The molecule has 0 heterocycles. The molecule has 3 nitrogen and oxygen atoms in total. The van der Waals surface area contributed by atoms with Gasteiger partial charge in [-0.15, -0.1) is 0 Å². The number of Topliss-reactive ketones (excluding diaryl/α,β-unsaturated/α-hetero) is 1. The third-order valence-corrected chi connectivity index (χ3v) is 1.57. The minimum Gasteiger partial charge on any atom is -0.372 e. The molecule has 3 heteroatoms. The predicted octanol–water partition coefficient (Wildman–Crippen LogP) is 0.838. The van der Waals surface area contributed by atoms with Crippen molar-refractivity contribution < 1.29 is 9.53 Å². The molecule has 0 saturated heterocycles. The molecule has 0 bridgehead atoms. The van der Waals surface area contributed by atoms with E-state index in [1.54, 1.807) is 0 Å². The molecular weight excluding hydrogens is 154 g/mol. The molecule has 0 amide bonds. The first-order valence-electron chi connectivity index (χ1n) is 4.24. The van der Waals surface area contributed by atoms with Crippen molar-refractivity contribution in [2.45, 2.75) is 20.8 Å². The van der Waals surface area contributed by atoms with Crippen molar-refractivity contribution in [2.75, 3.05) is 26.8 Å². The zero-order valence-corrected chi connectivity index (χ0v) is 8.44. The fraction of sp³-hybridized carbons (Fsp3) is 0.889. The molecule has 0 fully saturated rings. The molecule has 0 aliphatic carbocycles. The molecule has 72 valence electrons. The normalized spacial score (nSPS) is 11.7. The number of nitrogens with one attached hydrogen (secondary N) is 1. The van der Waals surface area contributed by atoms with Crippen LogP contribution in [0.3, 0.4) is 0 Å². The number of ketones is 1. The van der Waals surface area contributed by atoms with Gasteiger partial charge in [0.05, 0.1) is 6.61 Å². The molecule has 0 aromatic heterocycles. The van der Waals surface area contributed by atoms with E-state index >= 15 is 0 Å². The van der Waals surface area contributed by atoms with E-state index in [9.17, 15) is 4.79 Å². The van der Waals surface area contributed by atoms with Crippen LogP contribution < -0.4 is 5.32 Å². The Morgan fingerprint density at radius 3 is 2.42 bits per heavy atom. The van der Waals surface area contributed by atoms with Crippen LogP contribution in [0, 0.1) is 5.41 Å². The molecule has 0 atom stereocenters. The summed E-state index contributed by atoms with van der Waals surface area (Å²) >= 11 is 0. The molecule has 0 saturated carbocycles. The van der Waals surface area contributed by atoms with Crippen LogP contribution in [0.5, 0.6) is 0 Å². The Morgan fingerprint density at radius 2 is 2.00 bits per heavy atom. The van der Waals surface area contributed by atoms with Gasteiger partial charge in [0.2, 0.25) is 0 Å². The number of hydrogen-bond acceptors (Lipinski definition) is 3. The maximum absolute atomic E-state index is 11.3. The molecule has 12 heavy (non-hydrogen) atoms. The SMILES string of the molecule is CNCCOCC(=O)C(C)(C)C. The zero-order valence-electron chi connectivity index (χ0n) is 8.44. The first kappa shape index (κ1) is 11.6. The fourth-order valence-corrected chi connectivity index (χ4v) is 0.556. The largest absolute Gasteiger partial charge is 0.372 e. The minimum absolute atomic E-state index is 0.151. The summed E-state index contributed by atoms with van der Waals surface area (Å²) in [4.78, 5) is 11.3. The van der Waals surface area contributed by atoms with Crippen LogP contribution in [0.25, 0.3) is 0 Å². The molecular formula is C9H19NO2. The summed E-state index contributed by atoms with van der Waals surface area (Å²) in [5.74, 6) is 0.151. The van der Waals surface area contributed by atoms with E-state index in [1.165, 1.54) is 0 Å². The summed E-state index contributed by atoms with van der Waals surface area (Å²) < 4.78 is 5.15. The third kappa shape index (κ3) is 5.27. The second-order valence-corrected chi connectivity index (χ2v) is 3.83. The summed E-state index contributed by atoms with van der Waals surface area (Å²) in [5, 5.41) is 2.94. The minimum atomic E-state index is -0.278. The van der Waals surface area contributed by atoms with E-state index in [2.05, 4.69) is 5.32 Å². The van der Waals surface area contributed by atoms with Crippen molar-refractivity contribution in [3.8, 4) is 0 Å². The van der Waals surface area contributed by atoms with Gasteiger partial charge in [0.15, 0.2) is 5.78 Å². The van der Waals surface area contributed by atoms with Crippen LogP contribution in [0.1, 0.15) is 20.8 Å². The number of ether oxygens (including phenoxy) is 1. The van der Waals surface area contributed by atoms with E-state index in [0.717, 1.165) is 6.54 Å². The Balaban J connectivity index is 3.45. The van der Waals surface area contributed by atoms with Crippen LogP contribution in [-0.4, -0.2) is 32.6 Å². The van der Waals surface area contributed by atoms with Gasteiger partial charge in [-0.2, -0.15) is 0 Å². The third-order valence-electron chi connectivity index (χ3n) is 1.57. The van der Waals surface area contributed by atoms with Gasteiger partial charge in [-0.05, 0) is 7.05 Å². The second kappa shape index (κ2) is 5.27. The van der Waals surface area contributed by atoms with Crippen molar-refractivity contribution in [3.05, 3.63) is 0 Å². The van der Waals surface area contributed by atoms with Crippen LogP contribution in [0.15, 0.2) is 0 Å². The molecule has 0 spiro atoms. The highest BCUT2D eigenvalue weighted by Gasteiger charge is 2.20. The average Bonchev–Trinajstić information content (AvgIpc) is 1.96. The first-order chi connectivity index (χ1) is 5.48. The smallest absolute Gasteiger partial charge is 0.163 e. The van der Waals surface area contributed by atoms with Crippen LogP contribution >= 0.6 is 0 Å². The summed E-state index contributed by atoms with van der Waals surface area (Å²) in [6.07, 6.45) is 0. The van der Waals surface area contributed by atoms with Crippen molar-refractivity contribution in [2.24, 2.45) is 5.41 Å². The number of carbonyl (C=O) groups excluding carboxylic acids is 1. The molecule has 1 N–H and O–H groups in total. The monoisotopic (exact) mass is 173 g/mol. The van der Waals surface area contributed by atoms with Gasteiger partial charge in [-0.25, -0.2) is 0 Å². The summed E-state index contributed by atoms with van der Waals surface area (Å²) in [5.41, 5.74) is -0.278. The van der Waals surface area contributed by atoms with Crippen molar-refractivity contribution in [3.63, 3.8) is 0 Å². The summed E-state index contributed by atoms with van der Waals surface area (Å²) in [7, 11) is 1.86. The zero-order chi connectivity index (χ0) is 9.61. The number of hydrogen-bond donors (Lipinski definition) is 1. The van der Waals surface area contributed by atoms with Gasteiger partial charge in [-0.3, -0.25) is 4.79 Å². The average molecular weight is 173 g/mol. The molecule has 0 aromatic rings. The molecule has 0 radical (unpaired) electrons. The summed E-state index contributed by atoms with van der Waals surface area (Å²) in [6, 6.07) is 0. The highest BCUT2D eigenvalue weighted by Crippen LogP contribution is 2.13. The van der Waals surface area contributed by atoms with E-state index in [0.29, 0.717) is 6.61 Å². The number of likely N-dealkylation sites (N-methyl/N-ethyl adjacent to an activating group) is 1. The van der Waals surface area contributed by atoms with Gasteiger partial charge in [0, 0.05) is 12.0 Å². The van der Waals surface area contributed by atoms with E-state index < -0.39 is 0 Å². The lowest BCUT2D eigenvalue weighted by Gasteiger charge is -2.16. The lowest BCUT2D eigenvalue weighted by molar-refractivity contribution is -0.130. The van der Waals surface area contributed by atoms with E-state index in [4.69, 9.17) is 4.74 Å². The molecule has 0 aromatic carbocycles. The topological polar surface area (TPSA) is 38.3 Å². The predicted molar refractivity (Wildman–Crippen MR) is 49.2 cm³/mol. The van der Waals surface area contributed by atoms with Crippen LogP contribution in [0.2, 0.25) is 0 Å². The fourth-order valence-electron chi connectivity index (χ4n) is 0.556. The van der Waals surface area contributed by atoms with Crippen LogP contribution in [0.4, 0.5) is 0 Å². The maximum atomic E-state index is 11.3. The lowest BCUT2D eigenvalue weighted by Crippen LogP contribution is -2.26. The second-order valence-electron chi connectivity index (χ2n) is 3.83. The van der Waals surface area contributed by atoms with Crippen molar-refractivity contribution in [1.29, 1.82) is 0 Å². The van der Waals surface area contributed by atoms with Crippen molar-refractivity contribution in [1.82, 2.24) is 5.32 Å². The molecule has 0 aliphatic rings. The molecule has 0 rings (SSSR count). The van der Waals surface area contributed by atoms with Crippen molar-refractivity contribution >= 4 is 5.78 Å². The van der Waals surface area contributed by atoms with E-state index in [-0.39, 0.29) is 17.8 Å². The molecule has 0 aliphatic heterocycles. The molecule has 0 unspecified atom stereocenters. The van der Waals surface area contributed by atoms with Gasteiger partial charge >= 0.3 is 0 Å². The number of rotatable bonds is 5. The quantitative estimate of drug-likeness (QED) is 0.626. The highest BCUT2D eigenvalue weighted by atomic mass is 16.5. The van der Waals surface area contributed by atoms with Crippen LogP contribution in [-0.2, 0) is 9.53 Å². The van der Waals surface area contributed by atoms with E-state index in [1.807, 2.05) is 27.8 Å². The first-order valence-corrected chi connectivity index (χ1v) is 4.24. The number of carbonyl (C=O) groups is 1. The summed E-state index contributed by atoms with van der Waals surface area (Å²) in [6.45, 7) is 7.31. The van der Waals surface area contributed by atoms with Gasteiger partial charge in [-0.1, -0.05) is 20.8 Å². The Morgan fingerprint density at radius 1 is 1.42 bits per heavy atom. The Kier molecular flexibility index (Phi) is 5.09. The lowest BCUT2D eigenvalue weighted by atomic mass is 9.91. The Bertz CT molecular complexity index is 138. The van der Waals surface area contributed by atoms with Gasteiger partial charge < -0.3 is 10.1 Å². The standard InChI is InChI=1S/C9H19NO2/c1-9(2,3)8(11)7-12-6-5-10-4/h10H,5-7H2,1-4H3. The highest BCUT2D eigenvalue weighted by molar-refractivity contribution is 5.84. The van der Waals surface area contributed by atoms with Gasteiger partial charge in [0.25, 0.3) is 0 Å². The Hall–Kier alpha value is -0.410. The Labute approximate surface area is 74.5 Å². The van der Waals surface area contributed by atoms with Gasteiger partial charge in [0.1, 0.15) is 6.61 Å².